The van der Waals surface area contributed by atoms with Gasteiger partial charge in [-0.05, 0) is 55.4 Å². The van der Waals surface area contributed by atoms with E-state index in [-0.39, 0.29) is 0 Å². The predicted octanol–water partition coefficient (Wildman–Crippen LogP) is 3.84. The zero-order chi connectivity index (χ0) is 11.8. The molecule has 0 heterocycles. The first-order chi connectivity index (χ1) is 7.47. The Morgan fingerprint density at radius 1 is 1.06 bits per heavy atom. The molecule has 1 nitrogen and oxygen atoms in total. The molecule has 3 unspecified atom stereocenters. The first-order valence-corrected chi connectivity index (χ1v) is 7.20. The first-order valence-electron chi connectivity index (χ1n) is 7.20. The van der Waals surface area contributed by atoms with Crippen molar-refractivity contribution in [3.8, 4) is 0 Å². The maximum atomic E-state index is 3.74. The summed E-state index contributed by atoms with van der Waals surface area (Å²) in [4.78, 5) is 0. The topological polar surface area (TPSA) is 12.0 Å². The molecular weight excluding hydrogens is 194 g/mol. The van der Waals surface area contributed by atoms with Crippen LogP contribution in [-0.2, 0) is 0 Å². The van der Waals surface area contributed by atoms with Gasteiger partial charge in [0.2, 0.25) is 0 Å². The van der Waals surface area contributed by atoms with E-state index >= 15 is 0 Å². The van der Waals surface area contributed by atoms with Crippen molar-refractivity contribution in [1.82, 2.24) is 5.32 Å². The van der Waals surface area contributed by atoms with Gasteiger partial charge < -0.3 is 5.32 Å². The number of nitrogens with one attached hydrogen (secondary N) is 1. The van der Waals surface area contributed by atoms with E-state index in [0.717, 1.165) is 23.8 Å². The van der Waals surface area contributed by atoms with Crippen molar-refractivity contribution in [1.29, 1.82) is 0 Å². The van der Waals surface area contributed by atoms with Crippen LogP contribution in [0.15, 0.2) is 0 Å². The summed E-state index contributed by atoms with van der Waals surface area (Å²) in [6, 6.07) is 0.875. The Morgan fingerprint density at radius 2 is 1.75 bits per heavy atom. The average molecular weight is 223 g/mol. The fourth-order valence-electron chi connectivity index (χ4n) is 3.35. The van der Waals surface area contributed by atoms with Crippen LogP contribution in [-0.4, -0.2) is 12.6 Å². The molecule has 1 heteroatoms. The van der Waals surface area contributed by atoms with Crippen molar-refractivity contribution < 1.29 is 0 Å². The molecule has 0 bridgehead atoms. The SMILES string of the molecule is CC1CCC(CNC2CC2)C(C(C)(C)C)C1. The number of rotatable bonds is 3. The monoisotopic (exact) mass is 223 g/mol. The largest absolute Gasteiger partial charge is 0.314 e. The molecule has 94 valence electrons. The van der Waals surface area contributed by atoms with Gasteiger partial charge in [0, 0.05) is 6.04 Å². The van der Waals surface area contributed by atoms with E-state index < -0.39 is 0 Å². The van der Waals surface area contributed by atoms with Crippen molar-refractivity contribution in [3.05, 3.63) is 0 Å². The van der Waals surface area contributed by atoms with Gasteiger partial charge >= 0.3 is 0 Å². The Morgan fingerprint density at radius 3 is 2.31 bits per heavy atom. The van der Waals surface area contributed by atoms with E-state index in [9.17, 15) is 0 Å². The highest BCUT2D eigenvalue weighted by Gasteiger charge is 2.36. The lowest BCUT2D eigenvalue weighted by Gasteiger charge is -2.43. The fraction of sp³-hybridized carbons (Fsp3) is 1.00. The van der Waals surface area contributed by atoms with Gasteiger partial charge in [-0.2, -0.15) is 0 Å². The first kappa shape index (κ1) is 12.4. The Hall–Kier alpha value is -0.0400. The summed E-state index contributed by atoms with van der Waals surface area (Å²) in [6.45, 7) is 11.0. The number of hydrogen-bond acceptors (Lipinski definition) is 1. The van der Waals surface area contributed by atoms with Gasteiger partial charge in [-0.25, -0.2) is 0 Å². The lowest BCUT2D eigenvalue weighted by atomic mass is 9.64. The van der Waals surface area contributed by atoms with Crippen LogP contribution in [0.2, 0.25) is 0 Å². The molecule has 2 aliphatic rings. The quantitative estimate of drug-likeness (QED) is 0.766. The molecule has 1 N–H and O–H groups in total. The normalized spacial score (nSPS) is 36.4. The van der Waals surface area contributed by atoms with Crippen LogP contribution in [0.25, 0.3) is 0 Å². The molecule has 0 aliphatic heterocycles. The van der Waals surface area contributed by atoms with Gasteiger partial charge in [0.1, 0.15) is 0 Å². The lowest BCUT2D eigenvalue weighted by molar-refractivity contribution is 0.0804. The van der Waals surface area contributed by atoms with Crippen molar-refractivity contribution in [2.75, 3.05) is 6.54 Å². The molecule has 3 atom stereocenters. The van der Waals surface area contributed by atoms with E-state index in [4.69, 9.17) is 0 Å². The van der Waals surface area contributed by atoms with Crippen LogP contribution in [0.4, 0.5) is 0 Å². The van der Waals surface area contributed by atoms with Crippen LogP contribution >= 0.6 is 0 Å². The summed E-state index contributed by atoms with van der Waals surface area (Å²) < 4.78 is 0. The standard InChI is InChI=1S/C15H29N/c1-11-5-6-12(10-16-13-7-8-13)14(9-11)15(2,3)4/h11-14,16H,5-10H2,1-4H3. The predicted molar refractivity (Wildman–Crippen MR) is 70.5 cm³/mol. The smallest absolute Gasteiger partial charge is 0.00683 e. The summed E-state index contributed by atoms with van der Waals surface area (Å²) in [6.07, 6.45) is 7.18. The Bertz CT molecular complexity index is 224. The maximum absolute atomic E-state index is 3.74. The summed E-state index contributed by atoms with van der Waals surface area (Å²) in [7, 11) is 0. The van der Waals surface area contributed by atoms with Gasteiger partial charge in [0.25, 0.3) is 0 Å². The van der Waals surface area contributed by atoms with Crippen LogP contribution < -0.4 is 5.32 Å². The van der Waals surface area contributed by atoms with E-state index in [1.807, 2.05) is 0 Å². The van der Waals surface area contributed by atoms with Crippen molar-refractivity contribution in [2.24, 2.45) is 23.2 Å². The molecule has 0 amide bonds. The zero-order valence-corrected chi connectivity index (χ0v) is 11.6. The third-order valence-corrected chi connectivity index (χ3v) is 4.61. The second-order valence-corrected chi connectivity index (χ2v) is 7.33. The van der Waals surface area contributed by atoms with Crippen LogP contribution in [0.5, 0.6) is 0 Å². The van der Waals surface area contributed by atoms with Crippen LogP contribution in [0.1, 0.15) is 59.8 Å². The average Bonchev–Trinajstić information content (AvgIpc) is 2.98. The summed E-state index contributed by atoms with van der Waals surface area (Å²) in [5, 5.41) is 3.74. The van der Waals surface area contributed by atoms with Gasteiger partial charge in [-0.3, -0.25) is 0 Å². The second-order valence-electron chi connectivity index (χ2n) is 7.33. The van der Waals surface area contributed by atoms with Crippen LogP contribution in [0.3, 0.4) is 0 Å². The van der Waals surface area contributed by atoms with E-state index in [0.29, 0.717) is 5.41 Å². The summed E-state index contributed by atoms with van der Waals surface area (Å²) in [5.41, 5.74) is 0.491. The Kier molecular flexibility index (Phi) is 3.63. The second kappa shape index (κ2) is 4.68. The van der Waals surface area contributed by atoms with Crippen molar-refractivity contribution in [2.45, 2.75) is 65.8 Å². The minimum Gasteiger partial charge on any atom is -0.314 e. The van der Waals surface area contributed by atoms with Crippen LogP contribution in [0, 0.1) is 23.2 Å². The molecule has 0 aromatic heterocycles. The van der Waals surface area contributed by atoms with Crippen molar-refractivity contribution >= 4 is 0 Å². The highest BCUT2D eigenvalue weighted by molar-refractivity contribution is 4.89. The molecule has 16 heavy (non-hydrogen) atoms. The molecule has 0 saturated heterocycles. The third kappa shape index (κ3) is 3.23. The van der Waals surface area contributed by atoms with Gasteiger partial charge in [-0.15, -0.1) is 0 Å². The third-order valence-electron chi connectivity index (χ3n) is 4.61. The molecule has 0 radical (unpaired) electrons. The molecule has 2 rings (SSSR count). The van der Waals surface area contributed by atoms with Gasteiger partial charge in [-0.1, -0.05) is 34.1 Å². The lowest BCUT2D eigenvalue weighted by Crippen LogP contribution is -2.39. The van der Waals surface area contributed by atoms with E-state index in [1.54, 1.807) is 0 Å². The van der Waals surface area contributed by atoms with E-state index in [2.05, 4.69) is 33.0 Å². The summed E-state index contributed by atoms with van der Waals surface area (Å²) in [5.74, 6) is 2.79. The highest BCUT2D eigenvalue weighted by Crippen LogP contribution is 2.43. The molecule has 0 aromatic carbocycles. The molecule has 2 fully saturated rings. The Labute approximate surface area is 101 Å². The zero-order valence-electron chi connectivity index (χ0n) is 11.6. The highest BCUT2D eigenvalue weighted by atomic mass is 14.9. The van der Waals surface area contributed by atoms with Gasteiger partial charge in [0.15, 0.2) is 0 Å². The minimum atomic E-state index is 0.491. The molecule has 0 aromatic rings. The molecule has 2 saturated carbocycles. The van der Waals surface area contributed by atoms with Crippen molar-refractivity contribution in [3.63, 3.8) is 0 Å². The maximum Gasteiger partial charge on any atom is 0.00683 e. The molecule has 2 aliphatic carbocycles. The fourth-order valence-corrected chi connectivity index (χ4v) is 3.35. The molecule has 0 spiro atoms. The number of hydrogen-bond donors (Lipinski definition) is 1. The Balaban J connectivity index is 1.90. The van der Waals surface area contributed by atoms with Gasteiger partial charge in [0.05, 0.1) is 0 Å². The summed E-state index contributed by atoms with van der Waals surface area (Å²) >= 11 is 0. The minimum absolute atomic E-state index is 0.491. The van der Waals surface area contributed by atoms with E-state index in [1.165, 1.54) is 38.6 Å². The molecular formula is C15H29N.